The van der Waals surface area contributed by atoms with E-state index < -0.39 is 0 Å². The van der Waals surface area contributed by atoms with Crippen molar-refractivity contribution in [2.24, 2.45) is 11.8 Å². The van der Waals surface area contributed by atoms with Crippen LogP contribution in [0.3, 0.4) is 0 Å². The molecule has 104 valence electrons. The van der Waals surface area contributed by atoms with Gasteiger partial charge in [0.1, 0.15) is 0 Å². The highest BCUT2D eigenvalue weighted by Gasteiger charge is 2.25. The van der Waals surface area contributed by atoms with Crippen molar-refractivity contribution in [2.75, 3.05) is 20.1 Å². The summed E-state index contributed by atoms with van der Waals surface area (Å²) in [6, 6.07) is 8.21. The molecule has 1 aromatic rings. The third-order valence-corrected chi connectivity index (χ3v) is 3.87. The molecule has 0 bridgehead atoms. The maximum atomic E-state index is 12.2. The Labute approximate surface area is 116 Å². The van der Waals surface area contributed by atoms with E-state index in [0.717, 1.165) is 25.1 Å². The van der Waals surface area contributed by atoms with Crippen molar-refractivity contribution in [1.82, 2.24) is 4.90 Å². The first-order chi connectivity index (χ1) is 9.04. The van der Waals surface area contributed by atoms with Gasteiger partial charge in [0, 0.05) is 25.1 Å². The van der Waals surface area contributed by atoms with Gasteiger partial charge in [0.05, 0.1) is 0 Å². The fourth-order valence-electron chi connectivity index (χ4n) is 2.69. The number of nitrogens with zero attached hydrogens (tertiary/aromatic N) is 1. The molecule has 1 aromatic carbocycles. The fraction of sp³-hybridized carbons (Fsp3) is 0.588. The first kappa shape index (κ1) is 14.3. The molecule has 19 heavy (non-hydrogen) atoms. The van der Waals surface area contributed by atoms with E-state index in [1.54, 1.807) is 0 Å². The number of rotatable bonds is 6. The van der Waals surface area contributed by atoms with E-state index in [1.165, 1.54) is 12.0 Å². The minimum atomic E-state index is 0.310. The monoisotopic (exact) mass is 259 g/mol. The van der Waals surface area contributed by atoms with E-state index >= 15 is 0 Å². The van der Waals surface area contributed by atoms with Crippen LogP contribution >= 0.6 is 0 Å². The second-order valence-electron chi connectivity index (χ2n) is 6.35. The van der Waals surface area contributed by atoms with Gasteiger partial charge in [-0.05, 0) is 43.4 Å². The molecule has 1 aliphatic heterocycles. The summed E-state index contributed by atoms with van der Waals surface area (Å²) in [7, 11) is 2.10. The van der Waals surface area contributed by atoms with Gasteiger partial charge in [-0.25, -0.2) is 0 Å². The molecule has 2 nitrogen and oxygen atoms in total. The van der Waals surface area contributed by atoms with Crippen LogP contribution in [0.25, 0.3) is 0 Å². The van der Waals surface area contributed by atoms with Crippen molar-refractivity contribution in [3.63, 3.8) is 0 Å². The highest BCUT2D eigenvalue weighted by atomic mass is 16.1. The molecule has 0 spiro atoms. The Bertz CT molecular complexity index is 433. The number of hydrogen-bond donors (Lipinski definition) is 0. The van der Waals surface area contributed by atoms with Gasteiger partial charge in [0.15, 0.2) is 5.78 Å². The molecule has 0 amide bonds. The van der Waals surface area contributed by atoms with E-state index in [0.29, 0.717) is 24.0 Å². The van der Waals surface area contributed by atoms with Gasteiger partial charge < -0.3 is 4.90 Å². The molecule has 0 radical (unpaired) electrons. The number of carbonyl (C=O) groups excluding carboxylic acids is 1. The Kier molecular flexibility index (Phi) is 4.76. The summed E-state index contributed by atoms with van der Waals surface area (Å²) < 4.78 is 0. The molecule has 0 N–H and O–H groups in total. The molecule has 2 heteroatoms. The number of carbonyl (C=O) groups is 1. The number of ketones is 1. The van der Waals surface area contributed by atoms with Gasteiger partial charge in [0.2, 0.25) is 0 Å². The molecular formula is C17H25NO. The minimum Gasteiger partial charge on any atom is -0.306 e. The summed E-state index contributed by atoms with van der Waals surface area (Å²) in [5.74, 6) is 1.59. The van der Waals surface area contributed by atoms with Crippen LogP contribution < -0.4 is 0 Å². The predicted octanol–water partition coefficient (Wildman–Crippen LogP) is 3.41. The molecule has 1 aliphatic rings. The zero-order valence-electron chi connectivity index (χ0n) is 12.4. The van der Waals surface area contributed by atoms with E-state index in [-0.39, 0.29) is 0 Å². The lowest BCUT2D eigenvalue weighted by Gasteiger charge is -2.35. The predicted molar refractivity (Wildman–Crippen MR) is 79.5 cm³/mol. The van der Waals surface area contributed by atoms with E-state index in [1.807, 2.05) is 12.1 Å². The van der Waals surface area contributed by atoms with Gasteiger partial charge in [-0.15, -0.1) is 0 Å². The summed E-state index contributed by atoms with van der Waals surface area (Å²) in [5.41, 5.74) is 2.20. The summed E-state index contributed by atoms with van der Waals surface area (Å²) in [4.78, 5) is 14.5. The van der Waals surface area contributed by atoms with Crippen LogP contribution in [0.5, 0.6) is 0 Å². The number of hydrogen-bond acceptors (Lipinski definition) is 2. The quantitative estimate of drug-likeness (QED) is 0.730. The normalized spacial score (nSPS) is 16.6. The molecule has 1 heterocycles. The third-order valence-electron chi connectivity index (χ3n) is 3.87. The SMILES string of the molecule is CC(C)CCc1cccc(C(=O)CC2CN(C)C2)c1. The molecule has 0 unspecified atom stereocenters. The lowest BCUT2D eigenvalue weighted by atomic mass is 9.91. The Morgan fingerprint density at radius 2 is 2.11 bits per heavy atom. The average Bonchev–Trinajstić information content (AvgIpc) is 2.35. The molecule has 0 saturated carbocycles. The highest BCUT2D eigenvalue weighted by Crippen LogP contribution is 2.20. The van der Waals surface area contributed by atoms with Crippen molar-refractivity contribution in [2.45, 2.75) is 33.1 Å². The van der Waals surface area contributed by atoms with Crippen LogP contribution in [0.1, 0.15) is 42.6 Å². The largest absolute Gasteiger partial charge is 0.306 e. The van der Waals surface area contributed by atoms with Crippen LogP contribution in [0.2, 0.25) is 0 Å². The Balaban J connectivity index is 1.91. The zero-order valence-corrected chi connectivity index (χ0v) is 12.4. The van der Waals surface area contributed by atoms with Gasteiger partial charge >= 0.3 is 0 Å². The molecular weight excluding hydrogens is 234 g/mol. The van der Waals surface area contributed by atoms with Gasteiger partial charge in [-0.1, -0.05) is 32.0 Å². The van der Waals surface area contributed by atoms with Crippen LogP contribution in [-0.2, 0) is 6.42 Å². The minimum absolute atomic E-state index is 0.310. The van der Waals surface area contributed by atoms with Crippen molar-refractivity contribution >= 4 is 5.78 Å². The molecule has 0 aliphatic carbocycles. The van der Waals surface area contributed by atoms with Gasteiger partial charge in [-0.3, -0.25) is 4.79 Å². The maximum Gasteiger partial charge on any atom is 0.163 e. The fourth-order valence-corrected chi connectivity index (χ4v) is 2.69. The molecule has 1 saturated heterocycles. The molecule has 1 fully saturated rings. The van der Waals surface area contributed by atoms with E-state index in [2.05, 4.69) is 37.9 Å². The van der Waals surface area contributed by atoms with Crippen molar-refractivity contribution in [1.29, 1.82) is 0 Å². The Morgan fingerprint density at radius 3 is 2.74 bits per heavy atom. The van der Waals surface area contributed by atoms with Gasteiger partial charge in [0.25, 0.3) is 0 Å². The Morgan fingerprint density at radius 1 is 1.37 bits per heavy atom. The van der Waals surface area contributed by atoms with Crippen LogP contribution in [-0.4, -0.2) is 30.8 Å². The topological polar surface area (TPSA) is 20.3 Å². The molecule has 0 aromatic heterocycles. The summed E-state index contributed by atoms with van der Waals surface area (Å²) >= 11 is 0. The third kappa shape index (κ3) is 4.17. The lowest BCUT2D eigenvalue weighted by molar-refractivity contribution is 0.0835. The maximum absolute atomic E-state index is 12.2. The van der Waals surface area contributed by atoms with Crippen LogP contribution in [0.15, 0.2) is 24.3 Å². The first-order valence-corrected chi connectivity index (χ1v) is 7.35. The Hall–Kier alpha value is -1.15. The number of Topliss-reactive ketones (excluding diaryl/α,β-unsaturated/α-hetero) is 1. The average molecular weight is 259 g/mol. The smallest absolute Gasteiger partial charge is 0.163 e. The number of likely N-dealkylation sites (tertiary alicyclic amines) is 1. The van der Waals surface area contributed by atoms with Crippen LogP contribution in [0.4, 0.5) is 0 Å². The summed E-state index contributed by atoms with van der Waals surface area (Å²) in [6.45, 7) is 6.61. The van der Waals surface area contributed by atoms with Crippen molar-refractivity contribution in [3.05, 3.63) is 35.4 Å². The van der Waals surface area contributed by atoms with Crippen LogP contribution in [0, 0.1) is 11.8 Å². The standard InChI is InChI=1S/C17H25NO/c1-13(2)7-8-14-5-4-6-16(9-14)17(19)10-15-11-18(3)12-15/h4-6,9,13,15H,7-8,10-12H2,1-3H3. The molecule has 0 atom stereocenters. The molecule has 2 rings (SSSR count). The van der Waals surface area contributed by atoms with Crippen molar-refractivity contribution in [3.8, 4) is 0 Å². The first-order valence-electron chi connectivity index (χ1n) is 7.35. The highest BCUT2D eigenvalue weighted by molar-refractivity contribution is 5.96. The number of aryl methyl sites for hydroxylation is 1. The lowest BCUT2D eigenvalue weighted by Crippen LogP contribution is -2.44. The van der Waals surface area contributed by atoms with Gasteiger partial charge in [-0.2, -0.15) is 0 Å². The second kappa shape index (κ2) is 6.33. The summed E-state index contributed by atoms with van der Waals surface area (Å²) in [5, 5.41) is 0. The van der Waals surface area contributed by atoms with E-state index in [9.17, 15) is 4.79 Å². The number of benzene rings is 1. The zero-order chi connectivity index (χ0) is 13.8. The van der Waals surface area contributed by atoms with Crippen molar-refractivity contribution < 1.29 is 4.79 Å². The summed E-state index contributed by atoms with van der Waals surface area (Å²) in [6.07, 6.45) is 2.97. The second-order valence-corrected chi connectivity index (χ2v) is 6.35. The van der Waals surface area contributed by atoms with E-state index in [4.69, 9.17) is 0 Å².